The first-order chi connectivity index (χ1) is 12.4. The maximum absolute atomic E-state index is 4.48. The van der Waals surface area contributed by atoms with E-state index in [0.717, 1.165) is 17.8 Å². The predicted octanol–water partition coefficient (Wildman–Crippen LogP) is 5.22. The Bertz CT molecular complexity index is 849. The number of aromatic nitrogens is 3. The van der Waals surface area contributed by atoms with E-state index in [0.29, 0.717) is 11.8 Å². The minimum atomic E-state index is 0.138. The van der Waals surface area contributed by atoms with Crippen LogP contribution in [0.5, 0.6) is 0 Å². The van der Waals surface area contributed by atoms with Crippen molar-refractivity contribution in [1.29, 1.82) is 0 Å². The molecular formula is C21H25N5. The average Bonchev–Trinajstić information content (AvgIpc) is 2.62. The summed E-state index contributed by atoms with van der Waals surface area (Å²) in [5, 5.41) is 14.5. The number of hydrogen-bond donors (Lipinski definition) is 2. The smallest absolute Gasteiger partial charge is 0.249 e. The van der Waals surface area contributed by atoms with E-state index in [1.54, 1.807) is 6.20 Å². The summed E-state index contributed by atoms with van der Waals surface area (Å²) in [5.74, 6) is 1.11. The number of rotatable bonds is 5. The van der Waals surface area contributed by atoms with Crippen molar-refractivity contribution in [3.8, 4) is 0 Å². The van der Waals surface area contributed by atoms with Crippen LogP contribution in [0.4, 0.5) is 23.1 Å². The van der Waals surface area contributed by atoms with Crippen molar-refractivity contribution in [3.63, 3.8) is 0 Å². The summed E-state index contributed by atoms with van der Waals surface area (Å²) in [6.07, 6.45) is 2.63. The number of hydrogen-bond acceptors (Lipinski definition) is 5. The first-order valence-electron chi connectivity index (χ1n) is 8.87. The highest BCUT2D eigenvalue weighted by atomic mass is 15.3. The number of benzene rings is 2. The topological polar surface area (TPSA) is 62.7 Å². The van der Waals surface area contributed by atoms with Gasteiger partial charge in [-0.15, -0.1) is 5.10 Å². The van der Waals surface area contributed by atoms with Crippen molar-refractivity contribution >= 4 is 23.1 Å². The molecule has 0 radical (unpaired) electrons. The Morgan fingerprint density at radius 2 is 1.46 bits per heavy atom. The van der Waals surface area contributed by atoms with Gasteiger partial charge in [0.25, 0.3) is 0 Å². The van der Waals surface area contributed by atoms with Crippen molar-refractivity contribution in [2.45, 2.75) is 39.5 Å². The molecule has 3 rings (SSSR count). The van der Waals surface area contributed by atoms with Crippen LogP contribution >= 0.6 is 0 Å². The lowest BCUT2D eigenvalue weighted by Gasteiger charge is -2.19. The van der Waals surface area contributed by atoms with Crippen LogP contribution in [0, 0.1) is 0 Å². The molecule has 2 aromatic carbocycles. The van der Waals surface area contributed by atoms with Crippen LogP contribution in [0.15, 0.2) is 54.7 Å². The molecule has 0 saturated carbocycles. The summed E-state index contributed by atoms with van der Waals surface area (Å²) in [7, 11) is 0. The summed E-state index contributed by atoms with van der Waals surface area (Å²) in [6.45, 7) is 8.75. The third kappa shape index (κ3) is 4.57. The molecule has 0 spiro atoms. The molecule has 0 aliphatic carbocycles. The predicted molar refractivity (Wildman–Crippen MR) is 107 cm³/mol. The molecular weight excluding hydrogens is 322 g/mol. The first-order valence-corrected chi connectivity index (χ1v) is 8.87. The standard InChI is InChI=1S/C21H25N5/c1-5-15-6-10-18(11-7-15)24-20-25-19(14-22-26-20)23-17-12-8-16(9-13-17)21(2,3)4/h6-14H,5H2,1-4H3,(H2,23,24,25,26). The molecule has 0 atom stereocenters. The van der Waals surface area contributed by atoms with Crippen molar-refractivity contribution in [2.24, 2.45) is 0 Å². The van der Waals surface area contributed by atoms with Crippen LogP contribution in [0.25, 0.3) is 0 Å². The van der Waals surface area contributed by atoms with Crippen LogP contribution in [0.3, 0.4) is 0 Å². The highest BCUT2D eigenvalue weighted by Crippen LogP contribution is 2.24. The van der Waals surface area contributed by atoms with Crippen LogP contribution < -0.4 is 10.6 Å². The molecule has 0 fully saturated rings. The molecule has 0 aliphatic rings. The lowest BCUT2D eigenvalue weighted by Crippen LogP contribution is -2.10. The van der Waals surface area contributed by atoms with Crippen molar-refractivity contribution < 1.29 is 0 Å². The van der Waals surface area contributed by atoms with E-state index in [4.69, 9.17) is 0 Å². The summed E-state index contributed by atoms with van der Waals surface area (Å²) in [5.41, 5.74) is 4.64. The van der Waals surface area contributed by atoms with Gasteiger partial charge in [-0.3, -0.25) is 0 Å². The SMILES string of the molecule is CCc1ccc(Nc2nncc(Nc3ccc(C(C)(C)C)cc3)n2)cc1. The van der Waals surface area contributed by atoms with E-state index in [9.17, 15) is 0 Å². The lowest BCUT2D eigenvalue weighted by atomic mass is 9.87. The fourth-order valence-corrected chi connectivity index (χ4v) is 2.57. The number of anilines is 4. The Balaban J connectivity index is 1.70. The molecule has 1 aromatic heterocycles. The van der Waals surface area contributed by atoms with Gasteiger partial charge in [-0.2, -0.15) is 10.1 Å². The molecule has 134 valence electrons. The molecule has 5 nitrogen and oxygen atoms in total. The third-order valence-electron chi connectivity index (χ3n) is 4.20. The summed E-state index contributed by atoms with van der Waals surface area (Å²) in [4.78, 5) is 4.48. The zero-order chi connectivity index (χ0) is 18.6. The van der Waals surface area contributed by atoms with Crippen molar-refractivity contribution in [3.05, 3.63) is 65.9 Å². The average molecular weight is 347 g/mol. The highest BCUT2D eigenvalue weighted by molar-refractivity contribution is 5.59. The molecule has 5 heteroatoms. The van der Waals surface area contributed by atoms with Crippen LogP contribution in [-0.4, -0.2) is 15.2 Å². The Kier molecular flexibility index (Phi) is 5.16. The minimum Gasteiger partial charge on any atom is -0.339 e. The quantitative estimate of drug-likeness (QED) is 0.662. The van der Waals surface area contributed by atoms with Gasteiger partial charge in [0, 0.05) is 11.4 Å². The Labute approximate surface area is 154 Å². The van der Waals surface area contributed by atoms with Crippen LogP contribution in [0.1, 0.15) is 38.8 Å². The van der Waals surface area contributed by atoms with Gasteiger partial charge in [-0.25, -0.2) is 0 Å². The second kappa shape index (κ2) is 7.52. The van der Waals surface area contributed by atoms with E-state index in [-0.39, 0.29) is 5.41 Å². The van der Waals surface area contributed by atoms with E-state index in [2.05, 4.69) is 89.9 Å². The molecule has 26 heavy (non-hydrogen) atoms. The van der Waals surface area contributed by atoms with Crippen molar-refractivity contribution in [1.82, 2.24) is 15.2 Å². The van der Waals surface area contributed by atoms with Gasteiger partial charge in [0.2, 0.25) is 5.95 Å². The molecule has 0 saturated heterocycles. The Hall–Kier alpha value is -2.95. The third-order valence-corrected chi connectivity index (χ3v) is 4.20. The number of nitrogens with one attached hydrogen (secondary N) is 2. The maximum Gasteiger partial charge on any atom is 0.249 e. The molecule has 1 heterocycles. The van der Waals surface area contributed by atoms with E-state index < -0.39 is 0 Å². The first kappa shape index (κ1) is 17.9. The Morgan fingerprint density at radius 1 is 0.846 bits per heavy atom. The van der Waals surface area contributed by atoms with Crippen LogP contribution in [-0.2, 0) is 11.8 Å². The molecule has 2 N–H and O–H groups in total. The van der Waals surface area contributed by atoms with Gasteiger partial charge in [-0.1, -0.05) is 52.0 Å². The molecule has 3 aromatic rings. The maximum atomic E-state index is 4.48. The number of aryl methyl sites for hydroxylation is 1. The minimum absolute atomic E-state index is 0.138. The van der Waals surface area contributed by atoms with Gasteiger partial charge in [0.1, 0.15) is 0 Å². The lowest BCUT2D eigenvalue weighted by molar-refractivity contribution is 0.590. The number of nitrogens with zero attached hydrogens (tertiary/aromatic N) is 3. The summed E-state index contributed by atoms with van der Waals surface area (Å²) in [6, 6.07) is 16.6. The fourth-order valence-electron chi connectivity index (χ4n) is 2.57. The highest BCUT2D eigenvalue weighted by Gasteiger charge is 2.13. The molecule has 0 aliphatic heterocycles. The van der Waals surface area contributed by atoms with Crippen LogP contribution in [0.2, 0.25) is 0 Å². The monoisotopic (exact) mass is 347 g/mol. The summed E-state index contributed by atoms with van der Waals surface area (Å²) < 4.78 is 0. The van der Waals surface area contributed by atoms with Gasteiger partial charge in [0.15, 0.2) is 5.82 Å². The van der Waals surface area contributed by atoms with Gasteiger partial charge < -0.3 is 10.6 Å². The van der Waals surface area contributed by atoms with Crippen molar-refractivity contribution in [2.75, 3.05) is 10.6 Å². The molecule has 0 unspecified atom stereocenters. The fraction of sp³-hybridized carbons (Fsp3) is 0.286. The largest absolute Gasteiger partial charge is 0.339 e. The molecule has 0 amide bonds. The van der Waals surface area contributed by atoms with E-state index in [1.807, 2.05) is 12.1 Å². The zero-order valence-electron chi connectivity index (χ0n) is 15.7. The van der Waals surface area contributed by atoms with Gasteiger partial charge in [-0.05, 0) is 47.2 Å². The molecule has 0 bridgehead atoms. The normalized spacial score (nSPS) is 11.2. The van der Waals surface area contributed by atoms with E-state index in [1.165, 1.54) is 11.1 Å². The zero-order valence-corrected chi connectivity index (χ0v) is 15.7. The Morgan fingerprint density at radius 3 is 2.08 bits per heavy atom. The summed E-state index contributed by atoms with van der Waals surface area (Å²) >= 11 is 0. The van der Waals surface area contributed by atoms with Gasteiger partial charge in [0.05, 0.1) is 6.20 Å². The second-order valence-corrected chi connectivity index (χ2v) is 7.29. The second-order valence-electron chi connectivity index (χ2n) is 7.29. The van der Waals surface area contributed by atoms with Gasteiger partial charge >= 0.3 is 0 Å². The van der Waals surface area contributed by atoms with E-state index >= 15 is 0 Å².